The minimum Gasteiger partial charge on any atom is -0.474 e. The van der Waals surface area contributed by atoms with Crippen molar-refractivity contribution in [3.05, 3.63) is 24.3 Å². The van der Waals surface area contributed by atoms with Gasteiger partial charge in [-0.3, -0.25) is 4.79 Å². The van der Waals surface area contributed by atoms with Crippen molar-refractivity contribution in [2.75, 3.05) is 5.32 Å². The van der Waals surface area contributed by atoms with Gasteiger partial charge in [-0.05, 0) is 37.6 Å². The van der Waals surface area contributed by atoms with Gasteiger partial charge < -0.3 is 10.4 Å². The summed E-state index contributed by atoms with van der Waals surface area (Å²) in [5.41, 5.74) is 0.208. The number of rotatable bonds is 5. The zero-order valence-corrected chi connectivity index (χ0v) is 11.9. The first kappa shape index (κ1) is 16.1. The van der Waals surface area contributed by atoms with Crippen LogP contribution in [-0.2, 0) is 19.6 Å². The van der Waals surface area contributed by atoms with Crippen molar-refractivity contribution >= 4 is 27.6 Å². The lowest BCUT2D eigenvalue weighted by molar-refractivity contribution is -0.147. The molecule has 1 amide bonds. The number of hydrogen-bond acceptors (Lipinski definition) is 4. The Morgan fingerprint density at radius 1 is 1.25 bits per heavy atom. The van der Waals surface area contributed by atoms with Crippen LogP contribution >= 0.6 is 0 Å². The average Bonchev–Trinajstić information content (AvgIpc) is 2.38. The molecule has 0 spiro atoms. The Balaban J connectivity index is 2.86. The van der Waals surface area contributed by atoms with Gasteiger partial charge in [0.2, 0.25) is 10.0 Å². The monoisotopic (exact) mass is 300 g/mol. The van der Waals surface area contributed by atoms with Crippen LogP contribution in [0.3, 0.4) is 0 Å². The highest BCUT2D eigenvalue weighted by atomic mass is 32.2. The number of nitrogens with one attached hydrogen (secondary N) is 2. The second-order valence-corrected chi connectivity index (χ2v) is 5.93. The second-order valence-electron chi connectivity index (χ2n) is 4.21. The highest BCUT2D eigenvalue weighted by Crippen LogP contribution is 2.14. The minimum atomic E-state index is -3.61. The molecule has 1 atom stereocenters. The van der Waals surface area contributed by atoms with Gasteiger partial charge in [-0.15, -0.1) is 0 Å². The van der Waals surface area contributed by atoms with E-state index in [-0.39, 0.29) is 16.6 Å². The van der Waals surface area contributed by atoms with E-state index in [0.717, 1.165) is 0 Å². The third-order valence-corrected chi connectivity index (χ3v) is 4.19. The molecule has 0 aromatic heterocycles. The van der Waals surface area contributed by atoms with E-state index in [0.29, 0.717) is 6.42 Å². The molecule has 0 aliphatic rings. The number of carboxylic acid groups (broad SMARTS) is 1. The van der Waals surface area contributed by atoms with E-state index in [1.54, 1.807) is 6.92 Å². The van der Waals surface area contributed by atoms with Crippen LogP contribution in [0.25, 0.3) is 0 Å². The van der Waals surface area contributed by atoms with Crippen molar-refractivity contribution in [1.29, 1.82) is 0 Å². The summed E-state index contributed by atoms with van der Waals surface area (Å²) in [6.45, 7) is 3.61. The van der Waals surface area contributed by atoms with Crippen molar-refractivity contribution in [2.24, 2.45) is 0 Å². The number of benzene rings is 1. The van der Waals surface area contributed by atoms with Crippen LogP contribution in [0.15, 0.2) is 29.2 Å². The number of anilines is 1. The molecule has 0 saturated heterocycles. The largest absolute Gasteiger partial charge is 0.474 e. The van der Waals surface area contributed by atoms with E-state index in [1.807, 2.05) is 6.92 Å². The van der Waals surface area contributed by atoms with Gasteiger partial charge in [-0.1, -0.05) is 6.92 Å². The van der Waals surface area contributed by atoms with Crippen LogP contribution in [0, 0.1) is 0 Å². The second kappa shape index (κ2) is 6.49. The summed E-state index contributed by atoms with van der Waals surface area (Å²) in [6.07, 6.45) is 0.659. The summed E-state index contributed by atoms with van der Waals surface area (Å²) in [5.74, 6) is -2.79. The van der Waals surface area contributed by atoms with Gasteiger partial charge in [-0.25, -0.2) is 17.9 Å². The summed E-state index contributed by atoms with van der Waals surface area (Å²) in [4.78, 5) is 21.4. The molecule has 0 bridgehead atoms. The molecule has 0 aliphatic carbocycles. The quantitative estimate of drug-likeness (QED) is 0.696. The molecule has 1 aromatic rings. The normalized spacial score (nSPS) is 12.7. The van der Waals surface area contributed by atoms with Gasteiger partial charge in [0.1, 0.15) is 0 Å². The van der Waals surface area contributed by atoms with E-state index < -0.39 is 21.9 Å². The summed E-state index contributed by atoms with van der Waals surface area (Å²) in [5, 5.41) is 10.6. The highest BCUT2D eigenvalue weighted by molar-refractivity contribution is 7.89. The first-order valence-electron chi connectivity index (χ1n) is 5.93. The summed E-state index contributed by atoms with van der Waals surface area (Å²) in [6, 6.07) is 5.05. The van der Waals surface area contributed by atoms with Crippen molar-refractivity contribution in [3.8, 4) is 0 Å². The Kier molecular flexibility index (Phi) is 5.23. The zero-order chi connectivity index (χ0) is 15.3. The van der Waals surface area contributed by atoms with Crippen LogP contribution in [0.5, 0.6) is 0 Å². The van der Waals surface area contributed by atoms with Crippen LogP contribution in [0.1, 0.15) is 20.3 Å². The number of sulfonamides is 1. The van der Waals surface area contributed by atoms with Crippen molar-refractivity contribution in [3.63, 3.8) is 0 Å². The van der Waals surface area contributed by atoms with Gasteiger partial charge in [0.15, 0.2) is 0 Å². The summed E-state index contributed by atoms with van der Waals surface area (Å²) in [7, 11) is -3.61. The fourth-order valence-corrected chi connectivity index (χ4v) is 2.65. The number of carbonyl (C=O) groups is 2. The molecule has 7 nitrogen and oxygen atoms in total. The molecule has 0 saturated carbocycles. The summed E-state index contributed by atoms with van der Waals surface area (Å²) < 4.78 is 26.4. The fraction of sp³-hybridized carbons (Fsp3) is 0.333. The number of carboxylic acids is 1. The first-order chi connectivity index (χ1) is 9.26. The van der Waals surface area contributed by atoms with Crippen LogP contribution in [0.2, 0.25) is 0 Å². The van der Waals surface area contributed by atoms with Crippen LogP contribution in [-0.4, -0.2) is 31.4 Å². The van der Waals surface area contributed by atoms with E-state index >= 15 is 0 Å². The number of carbonyl (C=O) groups excluding carboxylic acids is 1. The number of aliphatic carboxylic acids is 1. The predicted molar refractivity (Wildman–Crippen MR) is 72.8 cm³/mol. The maximum Gasteiger partial charge on any atom is 0.394 e. The standard InChI is InChI=1S/C12H16N2O5S/c1-3-8(2)14-20(18,19)10-6-4-9(5-7-10)13-11(15)12(16)17/h4-8,14H,3H2,1-2H3,(H,13,15)(H,16,17)/t8-/m1/s1. The number of hydrogen-bond donors (Lipinski definition) is 3. The third kappa shape index (κ3) is 4.32. The summed E-state index contributed by atoms with van der Waals surface area (Å²) >= 11 is 0. The highest BCUT2D eigenvalue weighted by Gasteiger charge is 2.17. The number of amides is 1. The maximum absolute atomic E-state index is 12.0. The first-order valence-corrected chi connectivity index (χ1v) is 7.41. The fourth-order valence-electron chi connectivity index (χ4n) is 1.32. The Morgan fingerprint density at radius 3 is 2.25 bits per heavy atom. The Bertz CT molecular complexity index is 595. The van der Waals surface area contributed by atoms with Gasteiger partial charge >= 0.3 is 11.9 Å². The average molecular weight is 300 g/mol. The molecule has 110 valence electrons. The lowest BCUT2D eigenvalue weighted by atomic mass is 10.3. The minimum absolute atomic E-state index is 0.0473. The Labute approximate surface area is 117 Å². The zero-order valence-electron chi connectivity index (χ0n) is 11.1. The molecule has 1 aromatic carbocycles. The molecule has 0 radical (unpaired) electrons. The Hall–Kier alpha value is -1.93. The molecule has 20 heavy (non-hydrogen) atoms. The molecule has 0 unspecified atom stereocenters. The lowest BCUT2D eigenvalue weighted by Crippen LogP contribution is -2.32. The SMILES string of the molecule is CC[C@@H](C)NS(=O)(=O)c1ccc(NC(=O)C(=O)O)cc1. The van der Waals surface area contributed by atoms with Gasteiger partial charge in [-0.2, -0.15) is 0 Å². The maximum atomic E-state index is 12.0. The Morgan fingerprint density at radius 2 is 1.80 bits per heavy atom. The van der Waals surface area contributed by atoms with E-state index in [9.17, 15) is 18.0 Å². The van der Waals surface area contributed by atoms with Crippen LogP contribution in [0.4, 0.5) is 5.69 Å². The van der Waals surface area contributed by atoms with Crippen molar-refractivity contribution in [2.45, 2.75) is 31.2 Å². The topological polar surface area (TPSA) is 113 Å². The molecular formula is C12H16N2O5S. The molecule has 3 N–H and O–H groups in total. The predicted octanol–water partition coefficient (Wildman–Crippen LogP) is 0.786. The van der Waals surface area contributed by atoms with Crippen molar-refractivity contribution in [1.82, 2.24) is 4.72 Å². The smallest absolute Gasteiger partial charge is 0.394 e. The van der Waals surface area contributed by atoms with Gasteiger partial charge in [0.05, 0.1) is 4.90 Å². The van der Waals surface area contributed by atoms with Crippen molar-refractivity contribution < 1.29 is 23.1 Å². The van der Waals surface area contributed by atoms with Crippen LogP contribution < -0.4 is 10.0 Å². The molecule has 1 rings (SSSR count). The lowest BCUT2D eigenvalue weighted by Gasteiger charge is -2.12. The molecule has 0 fully saturated rings. The molecule has 0 aliphatic heterocycles. The van der Waals surface area contributed by atoms with E-state index in [4.69, 9.17) is 5.11 Å². The van der Waals surface area contributed by atoms with Gasteiger partial charge in [0, 0.05) is 11.7 Å². The third-order valence-electron chi connectivity index (χ3n) is 2.59. The van der Waals surface area contributed by atoms with E-state index in [1.165, 1.54) is 24.3 Å². The molecular weight excluding hydrogens is 284 g/mol. The van der Waals surface area contributed by atoms with E-state index in [2.05, 4.69) is 10.0 Å². The molecule has 8 heteroatoms. The van der Waals surface area contributed by atoms with Gasteiger partial charge in [0.25, 0.3) is 0 Å². The molecule has 0 heterocycles.